The number of aryl methyl sites for hydroxylation is 2. The quantitative estimate of drug-likeness (QED) is 0.622. The largest absolute Gasteiger partial charge is 0.351 e. The molecular weight excluding hydrogens is 366 g/mol. The number of pyridine rings is 1. The maximum atomic E-state index is 13.0. The summed E-state index contributed by atoms with van der Waals surface area (Å²) < 4.78 is 0. The summed E-state index contributed by atoms with van der Waals surface area (Å²) in [5, 5.41) is 12.7. The number of nitriles is 1. The van der Waals surface area contributed by atoms with E-state index in [0.29, 0.717) is 17.1 Å². The number of benzene rings is 2. The number of thioether (sulfide) groups is 1. The van der Waals surface area contributed by atoms with Crippen molar-refractivity contribution in [3.63, 3.8) is 0 Å². The van der Waals surface area contributed by atoms with Crippen LogP contribution in [0.3, 0.4) is 0 Å². The van der Waals surface area contributed by atoms with Crippen LogP contribution in [0.2, 0.25) is 0 Å². The number of hydrogen-bond acceptors (Lipinski definition) is 4. The van der Waals surface area contributed by atoms with Crippen molar-refractivity contribution in [2.45, 2.75) is 30.7 Å². The number of carbonyl (C=O) groups is 1. The summed E-state index contributed by atoms with van der Waals surface area (Å²) in [7, 11) is 0. The zero-order valence-corrected chi connectivity index (χ0v) is 16.7. The Labute approximate surface area is 169 Å². The van der Waals surface area contributed by atoms with Crippen LogP contribution >= 0.6 is 11.8 Å². The Bertz CT molecular complexity index is 998. The average molecular weight is 388 g/mol. The van der Waals surface area contributed by atoms with Gasteiger partial charge in [-0.05, 0) is 36.6 Å². The number of hydrogen-bond donors (Lipinski definition) is 1. The molecule has 0 bridgehead atoms. The number of rotatable bonds is 6. The van der Waals surface area contributed by atoms with E-state index in [0.717, 1.165) is 22.4 Å². The van der Waals surface area contributed by atoms with Gasteiger partial charge in [-0.2, -0.15) is 5.26 Å². The molecule has 0 aliphatic carbocycles. The van der Waals surface area contributed by atoms with E-state index < -0.39 is 5.25 Å². The van der Waals surface area contributed by atoms with Gasteiger partial charge in [0.1, 0.15) is 16.3 Å². The van der Waals surface area contributed by atoms with Gasteiger partial charge in [-0.1, -0.05) is 72.4 Å². The molecule has 140 valence electrons. The van der Waals surface area contributed by atoms with Gasteiger partial charge in [0.2, 0.25) is 5.91 Å². The van der Waals surface area contributed by atoms with E-state index in [1.54, 1.807) is 0 Å². The number of carbonyl (C=O) groups excluding carboxylic acids is 1. The minimum absolute atomic E-state index is 0.107. The molecule has 1 unspecified atom stereocenters. The summed E-state index contributed by atoms with van der Waals surface area (Å²) >= 11 is 1.32. The molecule has 2 aromatic carbocycles. The lowest BCUT2D eigenvalue weighted by atomic mass is 10.1. The molecule has 0 spiro atoms. The maximum absolute atomic E-state index is 13.0. The predicted octanol–water partition coefficient (Wildman–Crippen LogP) is 4.72. The highest BCUT2D eigenvalue weighted by molar-refractivity contribution is 8.00. The highest BCUT2D eigenvalue weighted by atomic mass is 32.2. The molecule has 3 aromatic rings. The molecular formula is C23H21N3OS. The minimum Gasteiger partial charge on any atom is -0.351 e. The molecule has 0 radical (unpaired) electrons. The first-order valence-electron chi connectivity index (χ1n) is 9.00. The lowest BCUT2D eigenvalue weighted by Gasteiger charge is -2.18. The third-order valence-electron chi connectivity index (χ3n) is 4.30. The number of amides is 1. The standard InChI is InChI=1S/C23H21N3OS/c1-16-13-17(2)26-23(20(16)14-24)28-21(19-11-7-4-8-12-19)22(27)25-15-18-9-5-3-6-10-18/h3-13,21H,15H2,1-2H3,(H,25,27). The summed E-state index contributed by atoms with van der Waals surface area (Å²) in [5.41, 5.74) is 4.13. The molecule has 28 heavy (non-hydrogen) atoms. The van der Waals surface area contributed by atoms with Gasteiger partial charge in [0, 0.05) is 12.2 Å². The second-order valence-electron chi connectivity index (χ2n) is 6.48. The fourth-order valence-electron chi connectivity index (χ4n) is 2.91. The molecule has 1 aromatic heterocycles. The summed E-state index contributed by atoms with van der Waals surface area (Å²) in [6.45, 7) is 4.24. The zero-order chi connectivity index (χ0) is 19.9. The summed E-state index contributed by atoms with van der Waals surface area (Å²) in [5.74, 6) is -0.107. The average Bonchev–Trinajstić information content (AvgIpc) is 2.71. The molecule has 4 nitrogen and oxygen atoms in total. The van der Waals surface area contributed by atoms with Crippen LogP contribution in [0.5, 0.6) is 0 Å². The Balaban J connectivity index is 1.88. The van der Waals surface area contributed by atoms with Crippen LogP contribution in [0.25, 0.3) is 0 Å². The first-order valence-corrected chi connectivity index (χ1v) is 9.88. The molecule has 0 aliphatic rings. The van der Waals surface area contributed by atoms with Gasteiger partial charge in [0.05, 0.1) is 5.56 Å². The van der Waals surface area contributed by atoms with Gasteiger partial charge in [0.15, 0.2) is 0 Å². The predicted molar refractivity (Wildman–Crippen MR) is 112 cm³/mol. The Morgan fingerprint density at radius 3 is 2.39 bits per heavy atom. The Kier molecular flexibility index (Phi) is 6.46. The lowest BCUT2D eigenvalue weighted by molar-refractivity contribution is -0.120. The maximum Gasteiger partial charge on any atom is 0.238 e. The van der Waals surface area contributed by atoms with Crippen LogP contribution in [0.1, 0.15) is 33.2 Å². The Hall–Kier alpha value is -3.10. The van der Waals surface area contributed by atoms with Gasteiger partial charge < -0.3 is 5.32 Å². The van der Waals surface area contributed by atoms with Crippen molar-refractivity contribution in [3.05, 3.63) is 94.7 Å². The van der Waals surface area contributed by atoms with Crippen molar-refractivity contribution in [2.24, 2.45) is 0 Å². The first kappa shape index (κ1) is 19.7. The molecule has 3 rings (SSSR count). The van der Waals surface area contributed by atoms with Crippen LogP contribution < -0.4 is 5.32 Å². The van der Waals surface area contributed by atoms with Crippen molar-refractivity contribution in [1.29, 1.82) is 5.26 Å². The number of nitrogens with zero attached hydrogens (tertiary/aromatic N) is 2. The molecule has 1 atom stereocenters. The third kappa shape index (κ3) is 4.79. The summed E-state index contributed by atoms with van der Waals surface area (Å²) in [6.07, 6.45) is 0. The molecule has 0 saturated heterocycles. The zero-order valence-electron chi connectivity index (χ0n) is 15.8. The molecule has 1 heterocycles. The van der Waals surface area contributed by atoms with E-state index in [-0.39, 0.29) is 5.91 Å². The lowest BCUT2D eigenvalue weighted by Crippen LogP contribution is -2.27. The second kappa shape index (κ2) is 9.20. The fraction of sp³-hybridized carbons (Fsp3) is 0.174. The smallest absolute Gasteiger partial charge is 0.238 e. The van der Waals surface area contributed by atoms with Gasteiger partial charge in [-0.3, -0.25) is 4.79 Å². The van der Waals surface area contributed by atoms with Gasteiger partial charge >= 0.3 is 0 Å². The van der Waals surface area contributed by atoms with Crippen LogP contribution in [0, 0.1) is 25.2 Å². The first-order chi connectivity index (χ1) is 13.6. The molecule has 1 N–H and O–H groups in total. The van der Waals surface area contributed by atoms with Gasteiger partial charge in [-0.15, -0.1) is 0 Å². The van der Waals surface area contributed by atoms with Crippen molar-refractivity contribution < 1.29 is 4.79 Å². The normalized spacial score (nSPS) is 11.5. The van der Waals surface area contributed by atoms with E-state index in [1.807, 2.05) is 80.6 Å². The Morgan fingerprint density at radius 2 is 1.75 bits per heavy atom. The number of aromatic nitrogens is 1. The summed E-state index contributed by atoms with van der Waals surface area (Å²) in [6, 6.07) is 23.5. The highest BCUT2D eigenvalue weighted by Gasteiger charge is 2.24. The van der Waals surface area contributed by atoms with Gasteiger partial charge in [-0.25, -0.2) is 4.98 Å². The van der Waals surface area contributed by atoms with Crippen molar-refractivity contribution >= 4 is 17.7 Å². The third-order valence-corrected chi connectivity index (χ3v) is 5.54. The Morgan fingerprint density at radius 1 is 1.11 bits per heavy atom. The monoisotopic (exact) mass is 387 g/mol. The van der Waals surface area contributed by atoms with Crippen molar-refractivity contribution in [1.82, 2.24) is 10.3 Å². The highest BCUT2D eigenvalue weighted by Crippen LogP contribution is 2.37. The molecule has 0 saturated carbocycles. The molecule has 0 fully saturated rings. The van der Waals surface area contributed by atoms with Crippen LogP contribution in [0.15, 0.2) is 71.8 Å². The van der Waals surface area contributed by atoms with E-state index in [1.165, 1.54) is 11.8 Å². The second-order valence-corrected chi connectivity index (χ2v) is 7.58. The van der Waals surface area contributed by atoms with Crippen molar-refractivity contribution in [3.8, 4) is 6.07 Å². The fourth-order valence-corrected chi connectivity index (χ4v) is 4.14. The van der Waals surface area contributed by atoms with Crippen LogP contribution in [-0.2, 0) is 11.3 Å². The number of nitrogens with one attached hydrogen (secondary N) is 1. The van der Waals surface area contributed by atoms with E-state index >= 15 is 0 Å². The van der Waals surface area contributed by atoms with E-state index in [9.17, 15) is 10.1 Å². The molecule has 5 heteroatoms. The van der Waals surface area contributed by atoms with Crippen molar-refractivity contribution in [2.75, 3.05) is 0 Å². The molecule has 1 amide bonds. The SMILES string of the molecule is Cc1cc(C)c(C#N)c(SC(C(=O)NCc2ccccc2)c2ccccc2)n1. The minimum atomic E-state index is -0.495. The van der Waals surface area contributed by atoms with E-state index in [4.69, 9.17) is 0 Å². The van der Waals surface area contributed by atoms with Crippen LogP contribution in [-0.4, -0.2) is 10.9 Å². The van der Waals surface area contributed by atoms with E-state index in [2.05, 4.69) is 16.4 Å². The summed E-state index contributed by atoms with van der Waals surface area (Å²) in [4.78, 5) is 17.6. The van der Waals surface area contributed by atoms with Gasteiger partial charge in [0.25, 0.3) is 0 Å². The molecule has 0 aliphatic heterocycles. The topological polar surface area (TPSA) is 65.8 Å². The van der Waals surface area contributed by atoms with Crippen LogP contribution in [0.4, 0.5) is 0 Å².